The van der Waals surface area contributed by atoms with E-state index in [1.807, 2.05) is 30.1 Å². The molecular formula is C17H20N2O. The molecule has 1 unspecified atom stereocenters. The van der Waals surface area contributed by atoms with E-state index in [9.17, 15) is 4.79 Å². The highest BCUT2D eigenvalue weighted by molar-refractivity contribution is 5.99. The van der Waals surface area contributed by atoms with Crippen LogP contribution in [0.3, 0.4) is 0 Å². The number of rotatable bonds is 3. The van der Waals surface area contributed by atoms with Gasteiger partial charge in [0.15, 0.2) is 5.78 Å². The normalized spacial score (nSPS) is 17.9. The number of nitrogens with zero attached hydrogens (tertiary/aromatic N) is 2. The number of Topliss-reactive ketones (excluding diaryl/α,β-unsaturated/α-hetero) is 1. The van der Waals surface area contributed by atoms with Crippen LogP contribution in [0.15, 0.2) is 42.7 Å². The Morgan fingerprint density at radius 1 is 1.30 bits per heavy atom. The molecule has 1 aliphatic rings. The molecule has 104 valence electrons. The van der Waals surface area contributed by atoms with E-state index in [1.54, 1.807) is 0 Å². The molecule has 3 nitrogen and oxygen atoms in total. The molecule has 0 saturated carbocycles. The van der Waals surface area contributed by atoms with Crippen molar-refractivity contribution in [1.82, 2.24) is 4.57 Å². The molecule has 0 fully saturated rings. The second kappa shape index (κ2) is 5.16. The summed E-state index contributed by atoms with van der Waals surface area (Å²) in [7, 11) is 1.94. The third-order valence-electron chi connectivity index (χ3n) is 3.92. The summed E-state index contributed by atoms with van der Waals surface area (Å²) in [5.74, 6) is 0.781. The minimum absolute atomic E-state index is 0.189. The molecule has 0 saturated heterocycles. The van der Waals surface area contributed by atoms with Crippen molar-refractivity contribution in [2.24, 2.45) is 13.0 Å². The Labute approximate surface area is 119 Å². The summed E-state index contributed by atoms with van der Waals surface area (Å²) in [6.45, 7) is 3.66. The Balaban J connectivity index is 1.82. The van der Waals surface area contributed by atoms with E-state index in [1.165, 1.54) is 11.3 Å². The summed E-state index contributed by atoms with van der Waals surface area (Å²) in [4.78, 5) is 14.6. The highest BCUT2D eigenvalue weighted by Gasteiger charge is 2.23. The van der Waals surface area contributed by atoms with Crippen molar-refractivity contribution in [3.8, 4) is 0 Å². The van der Waals surface area contributed by atoms with E-state index >= 15 is 0 Å². The number of hydrogen-bond donors (Lipinski definition) is 0. The first-order valence-corrected chi connectivity index (χ1v) is 7.11. The van der Waals surface area contributed by atoms with Crippen LogP contribution in [-0.4, -0.2) is 23.4 Å². The van der Waals surface area contributed by atoms with Gasteiger partial charge in [-0.15, -0.1) is 0 Å². The lowest BCUT2D eigenvalue weighted by molar-refractivity contribution is 0.0998. The molecule has 2 heterocycles. The van der Waals surface area contributed by atoms with Gasteiger partial charge >= 0.3 is 0 Å². The van der Waals surface area contributed by atoms with Crippen LogP contribution >= 0.6 is 0 Å². The smallest absolute Gasteiger partial charge is 0.183 e. The highest BCUT2D eigenvalue weighted by Crippen LogP contribution is 2.29. The first kappa shape index (κ1) is 13.0. The number of carbonyl (C=O) groups is 1. The fraction of sp³-hybridized carbons (Fsp3) is 0.353. The van der Waals surface area contributed by atoms with Crippen LogP contribution in [0.25, 0.3) is 0 Å². The van der Waals surface area contributed by atoms with Crippen LogP contribution in [0.4, 0.5) is 5.69 Å². The van der Waals surface area contributed by atoms with Crippen molar-refractivity contribution in [2.75, 3.05) is 18.0 Å². The number of fused-ring (bicyclic) bond motifs is 1. The molecule has 1 aliphatic heterocycles. The predicted octanol–water partition coefficient (Wildman–Crippen LogP) is 2.91. The van der Waals surface area contributed by atoms with Gasteiger partial charge in [-0.3, -0.25) is 4.79 Å². The van der Waals surface area contributed by atoms with Crippen molar-refractivity contribution in [2.45, 2.75) is 13.3 Å². The van der Waals surface area contributed by atoms with Crippen molar-refractivity contribution in [1.29, 1.82) is 0 Å². The van der Waals surface area contributed by atoms with Crippen LogP contribution in [0, 0.1) is 5.92 Å². The molecule has 0 spiro atoms. The molecular weight excluding hydrogens is 248 g/mol. The van der Waals surface area contributed by atoms with Crippen LogP contribution in [-0.2, 0) is 13.5 Å². The van der Waals surface area contributed by atoms with Gasteiger partial charge in [0, 0.05) is 37.2 Å². The Morgan fingerprint density at radius 2 is 2.10 bits per heavy atom. The summed E-state index contributed by atoms with van der Waals surface area (Å²) in [5, 5.41) is 0. The van der Waals surface area contributed by atoms with Crippen LogP contribution in [0.2, 0.25) is 0 Å². The maximum absolute atomic E-state index is 12.4. The molecule has 0 N–H and O–H groups in total. The van der Waals surface area contributed by atoms with Gasteiger partial charge in [-0.1, -0.05) is 25.1 Å². The average Bonchev–Trinajstić information content (AvgIpc) is 2.85. The summed E-state index contributed by atoms with van der Waals surface area (Å²) in [6, 6.07) is 10.3. The third kappa shape index (κ3) is 2.48. The zero-order valence-electron chi connectivity index (χ0n) is 12.0. The number of hydrogen-bond acceptors (Lipinski definition) is 2. The van der Waals surface area contributed by atoms with Crippen LogP contribution in [0.5, 0.6) is 0 Å². The molecule has 0 aliphatic carbocycles. The minimum Gasteiger partial charge on any atom is -0.363 e. The highest BCUT2D eigenvalue weighted by atomic mass is 16.1. The molecule has 20 heavy (non-hydrogen) atoms. The van der Waals surface area contributed by atoms with E-state index in [2.05, 4.69) is 36.1 Å². The van der Waals surface area contributed by atoms with E-state index < -0.39 is 0 Å². The lowest BCUT2D eigenvalue weighted by Crippen LogP contribution is -2.38. The Bertz CT molecular complexity index is 629. The SMILES string of the molecule is CC1Cc2ccccc2N(CC(=O)c2ccn(C)c2)C1. The monoisotopic (exact) mass is 268 g/mol. The molecule has 0 bridgehead atoms. The van der Waals surface area contributed by atoms with E-state index in [-0.39, 0.29) is 5.78 Å². The lowest BCUT2D eigenvalue weighted by atomic mass is 9.93. The Hall–Kier alpha value is -2.03. The number of aryl methyl sites for hydroxylation is 1. The quantitative estimate of drug-likeness (QED) is 0.800. The van der Waals surface area contributed by atoms with Crippen molar-refractivity contribution >= 4 is 11.5 Å². The first-order valence-electron chi connectivity index (χ1n) is 7.11. The van der Waals surface area contributed by atoms with E-state index in [0.29, 0.717) is 12.5 Å². The Kier molecular flexibility index (Phi) is 3.35. The number of carbonyl (C=O) groups excluding carboxylic acids is 1. The summed E-state index contributed by atoms with van der Waals surface area (Å²) >= 11 is 0. The van der Waals surface area contributed by atoms with Crippen molar-refractivity contribution in [3.05, 3.63) is 53.9 Å². The standard InChI is InChI=1S/C17H20N2O/c1-13-9-14-5-3-4-6-16(14)19(10-13)12-17(20)15-7-8-18(2)11-15/h3-8,11,13H,9-10,12H2,1-2H3. The Morgan fingerprint density at radius 3 is 2.85 bits per heavy atom. The largest absolute Gasteiger partial charge is 0.363 e. The van der Waals surface area contributed by atoms with Gasteiger partial charge in [0.05, 0.1) is 6.54 Å². The van der Waals surface area contributed by atoms with Crippen molar-refractivity contribution < 1.29 is 4.79 Å². The molecule has 0 radical (unpaired) electrons. The number of para-hydroxylation sites is 1. The average molecular weight is 268 g/mol. The van der Waals surface area contributed by atoms with Crippen molar-refractivity contribution in [3.63, 3.8) is 0 Å². The van der Waals surface area contributed by atoms with Gasteiger partial charge in [0.2, 0.25) is 0 Å². The molecule has 2 aromatic rings. The van der Waals surface area contributed by atoms with Gasteiger partial charge in [0.25, 0.3) is 0 Å². The number of benzene rings is 1. The zero-order valence-corrected chi connectivity index (χ0v) is 12.0. The first-order chi connectivity index (χ1) is 9.63. The molecule has 3 rings (SSSR count). The molecule has 1 aromatic carbocycles. The second-order valence-corrected chi connectivity index (χ2v) is 5.81. The molecule has 1 aromatic heterocycles. The summed E-state index contributed by atoms with van der Waals surface area (Å²) in [5.41, 5.74) is 3.37. The van der Waals surface area contributed by atoms with E-state index in [4.69, 9.17) is 0 Å². The third-order valence-corrected chi connectivity index (χ3v) is 3.92. The second-order valence-electron chi connectivity index (χ2n) is 5.81. The van der Waals surface area contributed by atoms with Crippen LogP contribution < -0.4 is 4.90 Å². The summed E-state index contributed by atoms with van der Waals surface area (Å²) < 4.78 is 1.92. The number of aromatic nitrogens is 1. The van der Waals surface area contributed by atoms with Gasteiger partial charge in [-0.05, 0) is 30.0 Å². The molecule has 3 heteroatoms. The van der Waals surface area contributed by atoms with Gasteiger partial charge < -0.3 is 9.47 Å². The van der Waals surface area contributed by atoms with E-state index in [0.717, 1.165) is 18.5 Å². The minimum atomic E-state index is 0.189. The zero-order chi connectivity index (χ0) is 14.1. The maximum Gasteiger partial charge on any atom is 0.183 e. The maximum atomic E-state index is 12.4. The van der Waals surface area contributed by atoms with Gasteiger partial charge in [-0.2, -0.15) is 0 Å². The fourth-order valence-electron chi connectivity index (χ4n) is 2.99. The number of ketones is 1. The molecule has 1 atom stereocenters. The molecule has 0 amide bonds. The number of anilines is 1. The van der Waals surface area contributed by atoms with Gasteiger partial charge in [-0.25, -0.2) is 0 Å². The van der Waals surface area contributed by atoms with Gasteiger partial charge in [0.1, 0.15) is 0 Å². The topological polar surface area (TPSA) is 25.2 Å². The predicted molar refractivity (Wildman–Crippen MR) is 81.3 cm³/mol. The lowest BCUT2D eigenvalue weighted by Gasteiger charge is -2.34. The summed E-state index contributed by atoms with van der Waals surface area (Å²) in [6.07, 6.45) is 4.91. The fourth-order valence-corrected chi connectivity index (χ4v) is 2.99. The van der Waals surface area contributed by atoms with Crippen LogP contribution in [0.1, 0.15) is 22.8 Å².